The molecule has 11 nitrogen and oxygen atoms in total. The van der Waals surface area contributed by atoms with Crippen LogP contribution in [-0.2, 0) is 16.4 Å². The number of hydrogen-bond donors (Lipinski definition) is 2. The molecule has 198 valence electrons. The van der Waals surface area contributed by atoms with E-state index in [4.69, 9.17) is 4.42 Å². The summed E-state index contributed by atoms with van der Waals surface area (Å²) in [6.07, 6.45) is 5.63. The van der Waals surface area contributed by atoms with Crippen molar-refractivity contribution in [3.05, 3.63) is 76.4 Å². The molecule has 0 spiro atoms. The van der Waals surface area contributed by atoms with E-state index >= 15 is 0 Å². The Kier molecular flexibility index (Phi) is 7.25. The second-order valence-corrected chi connectivity index (χ2v) is 11.0. The molecule has 1 aliphatic heterocycles. The van der Waals surface area contributed by atoms with Crippen molar-refractivity contribution < 1.29 is 17.6 Å². The van der Waals surface area contributed by atoms with Gasteiger partial charge in [-0.2, -0.15) is 14.1 Å². The lowest BCUT2D eigenvalue weighted by molar-refractivity contribution is 0.102. The van der Waals surface area contributed by atoms with Crippen molar-refractivity contribution >= 4 is 21.7 Å². The molecule has 38 heavy (non-hydrogen) atoms. The van der Waals surface area contributed by atoms with Crippen molar-refractivity contribution in [3.63, 3.8) is 0 Å². The molecule has 1 amide bonds. The normalized spacial score (nSPS) is 14.4. The van der Waals surface area contributed by atoms with Crippen LogP contribution in [0.4, 0.5) is 5.82 Å². The Morgan fingerprint density at radius 1 is 1.11 bits per heavy atom. The van der Waals surface area contributed by atoms with Gasteiger partial charge < -0.3 is 9.73 Å². The molecule has 4 aromatic rings. The van der Waals surface area contributed by atoms with Crippen LogP contribution in [0.2, 0.25) is 0 Å². The molecule has 3 aromatic heterocycles. The second-order valence-electron chi connectivity index (χ2n) is 9.06. The van der Waals surface area contributed by atoms with Crippen LogP contribution in [0.15, 0.2) is 68.9 Å². The number of amides is 1. The van der Waals surface area contributed by atoms with E-state index in [1.165, 1.54) is 45.6 Å². The van der Waals surface area contributed by atoms with Crippen LogP contribution >= 0.6 is 0 Å². The molecule has 0 radical (unpaired) electrons. The van der Waals surface area contributed by atoms with Gasteiger partial charge in [0.05, 0.1) is 11.2 Å². The SMILES string of the molecule is CCCc1cc(=O)[nH]c(-n2nc(-c3ccco3)cc2NC(=O)c2ccc(S(=O)(=O)N3CCCCC3)cc2)n1. The number of benzene rings is 1. The average Bonchev–Trinajstić information content (AvgIpc) is 3.60. The lowest BCUT2D eigenvalue weighted by Gasteiger charge is -2.25. The fraction of sp³-hybridized carbons (Fsp3) is 0.308. The van der Waals surface area contributed by atoms with E-state index in [1.807, 2.05) is 6.92 Å². The van der Waals surface area contributed by atoms with Crippen molar-refractivity contribution in [2.75, 3.05) is 18.4 Å². The molecule has 0 saturated carbocycles. The summed E-state index contributed by atoms with van der Waals surface area (Å²) in [4.78, 5) is 32.8. The number of carbonyl (C=O) groups is 1. The van der Waals surface area contributed by atoms with Crippen LogP contribution in [0.25, 0.3) is 17.4 Å². The Hall–Kier alpha value is -4.03. The number of aromatic amines is 1. The van der Waals surface area contributed by atoms with Crippen LogP contribution in [0.1, 0.15) is 48.7 Å². The van der Waals surface area contributed by atoms with Crippen LogP contribution in [0.5, 0.6) is 0 Å². The number of sulfonamides is 1. The van der Waals surface area contributed by atoms with Gasteiger partial charge in [0.1, 0.15) is 11.5 Å². The number of hydrogen-bond acceptors (Lipinski definition) is 7. The van der Waals surface area contributed by atoms with Crippen LogP contribution in [0.3, 0.4) is 0 Å². The summed E-state index contributed by atoms with van der Waals surface area (Å²) >= 11 is 0. The van der Waals surface area contributed by atoms with Gasteiger partial charge >= 0.3 is 0 Å². The number of furan rings is 1. The van der Waals surface area contributed by atoms with Gasteiger partial charge in [0, 0.05) is 36.5 Å². The van der Waals surface area contributed by atoms with Crippen LogP contribution in [0, 0.1) is 0 Å². The summed E-state index contributed by atoms with van der Waals surface area (Å²) in [6, 6.07) is 12.3. The van der Waals surface area contributed by atoms with Gasteiger partial charge in [0.15, 0.2) is 5.76 Å². The lowest BCUT2D eigenvalue weighted by atomic mass is 10.2. The van der Waals surface area contributed by atoms with Crippen LogP contribution in [-0.4, -0.2) is 51.5 Å². The summed E-state index contributed by atoms with van der Waals surface area (Å²) in [5.41, 5.74) is 0.952. The predicted molar refractivity (Wildman–Crippen MR) is 141 cm³/mol. The molecule has 1 aliphatic rings. The molecule has 4 heterocycles. The molecule has 0 bridgehead atoms. The van der Waals surface area contributed by atoms with Crippen molar-refractivity contribution in [3.8, 4) is 17.4 Å². The fourth-order valence-electron chi connectivity index (χ4n) is 4.38. The smallest absolute Gasteiger partial charge is 0.256 e. The molecular formula is C26H28N6O5S. The molecule has 0 atom stereocenters. The van der Waals surface area contributed by atoms with Gasteiger partial charge in [-0.25, -0.2) is 13.4 Å². The minimum absolute atomic E-state index is 0.149. The Labute approximate surface area is 219 Å². The topological polar surface area (TPSA) is 143 Å². The third-order valence-corrected chi connectivity index (χ3v) is 8.20. The van der Waals surface area contributed by atoms with E-state index in [0.717, 1.165) is 25.7 Å². The number of anilines is 1. The van der Waals surface area contributed by atoms with Crippen LogP contribution < -0.4 is 10.9 Å². The first-order valence-corrected chi connectivity index (χ1v) is 14.0. The molecule has 5 rings (SSSR count). The van der Waals surface area contributed by atoms with E-state index in [0.29, 0.717) is 36.7 Å². The number of rotatable bonds is 8. The summed E-state index contributed by atoms with van der Waals surface area (Å²) < 4.78 is 34.2. The molecule has 1 fully saturated rings. The van der Waals surface area contributed by atoms with E-state index in [9.17, 15) is 18.0 Å². The van der Waals surface area contributed by atoms with E-state index < -0.39 is 15.9 Å². The van der Waals surface area contributed by atoms with Gasteiger partial charge in [0.25, 0.3) is 11.5 Å². The van der Waals surface area contributed by atoms with Crippen molar-refractivity contribution in [2.24, 2.45) is 0 Å². The van der Waals surface area contributed by atoms with Gasteiger partial charge in [-0.05, 0) is 55.7 Å². The number of aromatic nitrogens is 4. The third-order valence-electron chi connectivity index (χ3n) is 6.28. The molecule has 12 heteroatoms. The quantitative estimate of drug-likeness (QED) is 0.350. The van der Waals surface area contributed by atoms with E-state index in [2.05, 4.69) is 20.4 Å². The standard InChI is InChI=1S/C26H28N6O5S/c1-2-7-19-16-24(33)29-26(27-19)32-23(17-21(30-32)22-8-6-15-37-22)28-25(34)18-9-11-20(12-10-18)38(35,36)31-13-4-3-5-14-31/h6,8-12,15-17H,2-5,7,13-14H2,1H3,(H,28,34)(H,27,29,33). The number of carbonyl (C=O) groups excluding carboxylic acids is 1. The summed E-state index contributed by atoms with van der Waals surface area (Å²) in [5.74, 6) is 0.393. The van der Waals surface area contributed by atoms with E-state index in [-0.39, 0.29) is 27.8 Å². The zero-order chi connectivity index (χ0) is 26.7. The van der Waals surface area contributed by atoms with Gasteiger partial charge in [-0.3, -0.25) is 14.6 Å². The molecular weight excluding hydrogens is 508 g/mol. The molecule has 0 aliphatic carbocycles. The fourth-order valence-corrected chi connectivity index (χ4v) is 5.89. The van der Waals surface area contributed by atoms with Crippen molar-refractivity contribution in [1.29, 1.82) is 0 Å². The van der Waals surface area contributed by atoms with E-state index in [1.54, 1.807) is 18.2 Å². The minimum atomic E-state index is -3.61. The highest BCUT2D eigenvalue weighted by atomic mass is 32.2. The number of aryl methyl sites for hydroxylation is 1. The minimum Gasteiger partial charge on any atom is -0.463 e. The first-order valence-electron chi connectivity index (χ1n) is 12.5. The van der Waals surface area contributed by atoms with Gasteiger partial charge in [-0.15, -0.1) is 0 Å². The van der Waals surface area contributed by atoms with Gasteiger partial charge in [0.2, 0.25) is 16.0 Å². The molecule has 1 aromatic carbocycles. The Morgan fingerprint density at radius 2 is 1.87 bits per heavy atom. The summed E-state index contributed by atoms with van der Waals surface area (Å²) in [6.45, 7) is 2.99. The lowest BCUT2D eigenvalue weighted by Crippen LogP contribution is -2.35. The highest BCUT2D eigenvalue weighted by Crippen LogP contribution is 2.25. The summed E-state index contributed by atoms with van der Waals surface area (Å²) in [5, 5.41) is 7.30. The van der Waals surface area contributed by atoms with Crippen molar-refractivity contribution in [1.82, 2.24) is 24.1 Å². The predicted octanol–water partition coefficient (Wildman–Crippen LogP) is 3.60. The number of nitrogens with zero attached hydrogens (tertiary/aromatic N) is 4. The third kappa shape index (κ3) is 5.31. The Bertz CT molecular complexity index is 1580. The number of H-pyrrole nitrogens is 1. The molecule has 0 unspecified atom stereocenters. The largest absolute Gasteiger partial charge is 0.463 e. The summed E-state index contributed by atoms with van der Waals surface area (Å²) in [7, 11) is -3.61. The van der Waals surface area contributed by atoms with Gasteiger partial charge in [-0.1, -0.05) is 19.8 Å². The molecule has 2 N–H and O–H groups in total. The zero-order valence-corrected chi connectivity index (χ0v) is 21.7. The molecule has 1 saturated heterocycles. The maximum atomic E-state index is 13.2. The number of nitrogens with one attached hydrogen (secondary N) is 2. The van der Waals surface area contributed by atoms with Crippen molar-refractivity contribution in [2.45, 2.75) is 43.9 Å². The second kappa shape index (κ2) is 10.8. The zero-order valence-electron chi connectivity index (χ0n) is 20.9. The number of piperidine rings is 1. The highest BCUT2D eigenvalue weighted by Gasteiger charge is 2.26. The first kappa shape index (κ1) is 25.6. The highest BCUT2D eigenvalue weighted by molar-refractivity contribution is 7.89. The Morgan fingerprint density at radius 3 is 2.55 bits per heavy atom. The maximum absolute atomic E-state index is 13.2. The first-order chi connectivity index (χ1) is 18.3. The maximum Gasteiger partial charge on any atom is 0.256 e. The monoisotopic (exact) mass is 536 g/mol. The average molecular weight is 537 g/mol. The Balaban J connectivity index is 1.44.